The lowest BCUT2D eigenvalue weighted by molar-refractivity contribution is -0.259. The molecule has 134 heavy (non-hydrogen) atoms. The van der Waals surface area contributed by atoms with Crippen LogP contribution in [0.15, 0.2) is 0 Å². The molecule has 0 amide bonds. The third-order valence-corrected chi connectivity index (χ3v) is 29.3. The van der Waals surface area contributed by atoms with Crippen LogP contribution in [0.1, 0.15) is 273 Å². The van der Waals surface area contributed by atoms with E-state index >= 15 is 0 Å². The lowest BCUT2D eigenvalue weighted by Gasteiger charge is -2.38. The van der Waals surface area contributed by atoms with Gasteiger partial charge in [-0.25, -0.2) is 0 Å². The van der Waals surface area contributed by atoms with E-state index in [9.17, 15) is 30.0 Å². The Labute approximate surface area is 795 Å². The van der Waals surface area contributed by atoms with E-state index < -0.39 is 148 Å². The van der Waals surface area contributed by atoms with E-state index in [0.717, 1.165) is 19.1 Å². The summed E-state index contributed by atoms with van der Waals surface area (Å²) < 4.78 is 183. The molecule has 0 bridgehead atoms. The topological polar surface area (TPSA) is 410 Å². The van der Waals surface area contributed by atoms with Gasteiger partial charge in [0.15, 0.2) is 120 Å². The largest absolute Gasteiger partial charge is 0.393 e. The smallest absolute Gasteiger partial charge is 0.191 e. The molecule has 16 aliphatic heterocycles. The Hall–Kier alpha value is -2.10. The van der Waals surface area contributed by atoms with Gasteiger partial charge in [0, 0.05) is 56.9 Å². The molecule has 0 spiro atoms. The molecule has 784 valence electrons. The highest BCUT2D eigenvalue weighted by Gasteiger charge is 2.71. The molecular formula is C96H172O38. The maximum Gasteiger partial charge on any atom is 0.191 e. The maximum absolute atomic E-state index is 11.8. The summed E-state index contributed by atoms with van der Waals surface area (Å²) in [5.74, 6) is -4.51. The molecule has 4 N–H and O–H groups in total. The molecule has 38 heteroatoms. The molecule has 0 aromatic heterocycles. The average Bonchev–Trinajstić information content (AvgIpc) is 1.60. The van der Waals surface area contributed by atoms with Crippen LogP contribution in [0.25, 0.3) is 0 Å². The highest BCUT2D eigenvalue weighted by molar-refractivity contribution is 5.86. The molecule has 0 aromatic rings. The lowest BCUT2D eigenvalue weighted by Crippen LogP contribution is -2.52. The second kappa shape index (κ2) is 43.3. The average molecular weight is 1930 g/mol. The van der Waals surface area contributed by atoms with Crippen LogP contribution < -0.4 is 0 Å². The van der Waals surface area contributed by atoms with Gasteiger partial charge in [0.1, 0.15) is 131 Å². The van der Waals surface area contributed by atoms with Crippen molar-refractivity contribution in [3.63, 3.8) is 0 Å². The second-order valence-electron chi connectivity index (χ2n) is 41.6. The number of aliphatic hydroxyl groups is 4. The number of methoxy groups -OCH3 is 8. The highest BCUT2D eigenvalue weighted by atomic mass is 16.9. The van der Waals surface area contributed by atoms with Crippen molar-refractivity contribution >= 4 is 12.1 Å². The van der Waals surface area contributed by atoms with Gasteiger partial charge in [-0.1, -0.05) is 83.1 Å². The second-order valence-corrected chi connectivity index (χ2v) is 41.6. The van der Waals surface area contributed by atoms with Crippen molar-refractivity contribution in [2.45, 2.75) is 530 Å². The van der Waals surface area contributed by atoms with E-state index in [1.165, 1.54) is 6.92 Å². The fraction of sp³-hybridized carbons (Fsp3) is 0.979. The van der Waals surface area contributed by atoms with Crippen LogP contribution in [0.4, 0.5) is 0 Å². The van der Waals surface area contributed by atoms with Crippen molar-refractivity contribution in [2.75, 3.05) is 63.5 Å². The third kappa shape index (κ3) is 22.2. The van der Waals surface area contributed by atoms with Crippen LogP contribution in [0.2, 0.25) is 0 Å². The van der Waals surface area contributed by atoms with E-state index in [-0.39, 0.29) is 122 Å². The first-order valence-corrected chi connectivity index (χ1v) is 48.2. The van der Waals surface area contributed by atoms with Gasteiger partial charge in [-0.2, -0.15) is 0 Å². The fourth-order valence-corrected chi connectivity index (χ4v) is 22.5. The predicted octanol–water partition coefficient (Wildman–Crippen LogP) is 10.5. The minimum absolute atomic E-state index is 0.0498. The van der Waals surface area contributed by atoms with Gasteiger partial charge >= 0.3 is 0 Å². The molecule has 0 aromatic carbocycles. The lowest BCUT2D eigenvalue weighted by atomic mass is 9.82. The zero-order chi connectivity index (χ0) is 101. The van der Waals surface area contributed by atoms with Crippen molar-refractivity contribution in [3.8, 4) is 0 Å². The maximum atomic E-state index is 11.8. The monoisotopic (exact) mass is 1930 g/mol. The van der Waals surface area contributed by atoms with Gasteiger partial charge in [0.25, 0.3) is 0 Å². The predicted molar refractivity (Wildman–Crippen MR) is 478 cm³/mol. The van der Waals surface area contributed by atoms with Gasteiger partial charge in [0.05, 0.1) is 24.9 Å². The molecule has 0 radical (unpaired) electrons. The standard InChI is InChI=1S/2C13H24O4.3C12H22O5.C12H20O5.C11H20O5.C11H18O5/c2*1-7-13(8(2)3)10(14-6)9-11(17-13)16-12(4,5)15-9;4*1-6-12(7(2)13)9(14-5)8-10(17-12)16-11(3,4)15-8;2*1-5-11(6-12)8(13-4)7-9(16-11)15-10(2,3)14-7/h2*8-11H,7H2,1-6H3;3*7-10,13H,6H2,1-5H3;8-10H,6H2,1-5H3;7-9,12H,5-6H2,1-4H3;6-9H,5H2,1-4H3/t2*9-,10+,11+,13+;7-,8+,9-,10-,12-;2*7-,8-,9+,10+,12+;8-,9+,10+,12+;2*7-,8+,9+,11+/m11011111/s1. The highest BCUT2D eigenvalue weighted by Crippen LogP contribution is 2.55. The summed E-state index contributed by atoms with van der Waals surface area (Å²) in [5, 5.41) is 39.4. The Morgan fingerprint density at radius 3 is 0.672 bits per heavy atom. The number of Topliss-reactive ketones (excluding diaryl/α,β-unsaturated/α-hetero) is 1. The molecule has 0 aliphatic carbocycles. The summed E-state index contributed by atoms with van der Waals surface area (Å²) in [5.41, 5.74) is -5.45. The Morgan fingerprint density at radius 2 is 0.478 bits per heavy atom. The van der Waals surface area contributed by atoms with Gasteiger partial charge < -0.3 is 177 Å². The molecule has 35 atom stereocenters. The Bertz CT molecular complexity index is 3390. The summed E-state index contributed by atoms with van der Waals surface area (Å²) in [6.45, 7) is 60.7. The molecule has 16 rings (SSSR count). The van der Waals surface area contributed by atoms with E-state index in [2.05, 4.69) is 41.5 Å². The minimum atomic E-state index is -0.944. The van der Waals surface area contributed by atoms with Crippen LogP contribution in [0, 0.1) is 11.8 Å². The number of hydrogen-bond acceptors (Lipinski definition) is 38. The summed E-state index contributed by atoms with van der Waals surface area (Å²) in [6, 6.07) is 0. The SMILES string of the molecule is CC[C@@]1(C(C)=O)O[C@@H]2OC(C)(C)O[C@@H]2[C@@H]1OC.CC[C@@]1(C(C)C)O[C@@H]2OC(C)(C)O[C@@H]2[C@@H]1OC.CC[C@@]1(C(C)C)O[C@@H]2OC(C)(C)O[C@@H]2[C@@H]1OC.CC[C@@]1(C=O)O[C@@H]2OC(C)(C)O[C@@H]2[C@@H]1OC.CC[C@@]1(CO)O[C@@H]2OC(C)(C)O[C@@H]2[C@@H]1OC.CC[C@@]1([C@@H](C)O)O[C@@H]2OC(C)(C)O[C@@H]2[C@@H]1OC.CC[C@@]1([C@@H](C)O)O[C@@H]2OC(C)(C)O[C@@H]2[C@@H]1OC.CC[C@@]1([C@H](C)O)O[C@@H]2OC(C)(C)O[C@@H]2[C@@H]1OC. The number of ketones is 1. The number of rotatable bonds is 24. The fourth-order valence-electron chi connectivity index (χ4n) is 22.5. The number of carbonyl (C=O) groups is 2. The van der Waals surface area contributed by atoms with Crippen molar-refractivity contribution in [1.29, 1.82) is 0 Å². The summed E-state index contributed by atoms with van der Waals surface area (Å²) in [4.78, 5) is 23.1. The molecule has 0 saturated carbocycles. The van der Waals surface area contributed by atoms with Gasteiger partial charge in [-0.05, 0) is 202 Å². The molecule has 16 aliphatic rings. The normalized spacial score (nSPS) is 45.2. The van der Waals surface area contributed by atoms with Gasteiger partial charge in [-0.15, -0.1) is 0 Å². The van der Waals surface area contributed by atoms with E-state index in [1.807, 2.05) is 152 Å². The molecule has 16 saturated heterocycles. The van der Waals surface area contributed by atoms with Crippen molar-refractivity contribution in [3.05, 3.63) is 0 Å². The Morgan fingerprint density at radius 1 is 0.269 bits per heavy atom. The van der Waals surface area contributed by atoms with Gasteiger partial charge in [-0.3, -0.25) is 4.79 Å². The Balaban J connectivity index is 0.000000172. The van der Waals surface area contributed by atoms with Crippen molar-refractivity contribution in [2.24, 2.45) is 11.8 Å². The number of carbonyl (C=O) groups excluding carboxylic acids is 2. The van der Waals surface area contributed by atoms with E-state index in [0.29, 0.717) is 50.4 Å². The number of hydrogen-bond donors (Lipinski definition) is 4. The van der Waals surface area contributed by atoms with Crippen LogP contribution in [-0.2, 0) is 161 Å². The van der Waals surface area contributed by atoms with Crippen LogP contribution >= 0.6 is 0 Å². The number of aliphatic hydroxyl groups excluding tert-OH is 4. The van der Waals surface area contributed by atoms with E-state index in [4.69, 9.17) is 152 Å². The summed E-state index contributed by atoms with van der Waals surface area (Å²) in [6.07, 6.45) is -3.52. The number of fused-ring (bicyclic) bond motifs is 8. The molecule has 16 heterocycles. The molecular weight excluding hydrogens is 1760 g/mol. The zero-order valence-corrected chi connectivity index (χ0v) is 87.9. The van der Waals surface area contributed by atoms with Crippen LogP contribution in [0.3, 0.4) is 0 Å². The molecule has 38 nitrogen and oxygen atoms in total. The van der Waals surface area contributed by atoms with Gasteiger partial charge in [0.2, 0.25) is 0 Å². The summed E-state index contributed by atoms with van der Waals surface area (Å²) in [7, 11) is 13.0. The molecule has 16 fully saturated rings. The third-order valence-electron chi connectivity index (χ3n) is 29.3. The Kier molecular flexibility index (Phi) is 37.3. The van der Waals surface area contributed by atoms with Crippen LogP contribution in [0.5, 0.6) is 0 Å². The first-order chi connectivity index (χ1) is 62.1. The summed E-state index contributed by atoms with van der Waals surface area (Å²) >= 11 is 0. The number of aldehydes is 1. The van der Waals surface area contributed by atoms with Crippen molar-refractivity contribution in [1.82, 2.24) is 0 Å². The number of ether oxygens (including phenoxy) is 32. The first-order valence-electron chi connectivity index (χ1n) is 48.2. The first kappa shape index (κ1) is 115. The zero-order valence-electron chi connectivity index (χ0n) is 87.9. The quantitative estimate of drug-likeness (QED) is 0.0652. The van der Waals surface area contributed by atoms with Crippen LogP contribution in [-0.4, -0.2) is 353 Å². The minimum Gasteiger partial charge on any atom is -0.393 e. The van der Waals surface area contributed by atoms with Crippen molar-refractivity contribution < 1.29 is 182 Å². The molecule has 0 unspecified atom stereocenters. The van der Waals surface area contributed by atoms with E-state index in [1.54, 1.807) is 77.6 Å².